The lowest BCUT2D eigenvalue weighted by molar-refractivity contribution is 0.0584. The minimum absolute atomic E-state index is 0.0426. The summed E-state index contributed by atoms with van der Waals surface area (Å²) in [6.07, 6.45) is 3.17. The van der Waals surface area contributed by atoms with Gasteiger partial charge < -0.3 is 14.1 Å². The average Bonchev–Trinajstić information content (AvgIpc) is 3.11. The molecular formula is C19H20ClF2NO2. The molecule has 2 fully saturated rings. The van der Waals surface area contributed by atoms with E-state index in [4.69, 9.17) is 20.8 Å². The first kappa shape index (κ1) is 16.9. The van der Waals surface area contributed by atoms with E-state index < -0.39 is 11.6 Å². The Labute approximate surface area is 150 Å². The first-order valence-corrected chi connectivity index (χ1v) is 8.96. The second-order valence-electron chi connectivity index (χ2n) is 6.97. The molecule has 2 aromatic rings. The smallest absolute Gasteiger partial charge is 0.200 e. The molecule has 1 aromatic heterocycles. The van der Waals surface area contributed by atoms with Crippen LogP contribution in [0.1, 0.15) is 30.9 Å². The Morgan fingerprint density at radius 2 is 2.08 bits per heavy atom. The molecule has 0 spiro atoms. The van der Waals surface area contributed by atoms with Gasteiger partial charge in [-0.1, -0.05) is 6.07 Å². The number of rotatable bonds is 4. The molecule has 0 N–H and O–H groups in total. The van der Waals surface area contributed by atoms with E-state index >= 15 is 0 Å². The molecule has 4 rings (SSSR count). The summed E-state index contributed by atoms with van der Waals surface area (Å²) in [5, 5.41) is 0.372. The fourth-order valence-corrected chi connectivity index (χ4v) is 4.59. The molecule has 134 valence electrons. The third-order valence-electron chi connectivity index (χ3n) is 5.74. The Bertz CT molecular complexity index is 766. The number of piperidine rings is 1. The Morgan fingerprint density at radius 1 is 1.24 bits per heavy atom. The maximum atomic E-state index is 13.9. The number of hydrogen-bond donors (Lipinski definition) is 0. The van der Waals surface area contributed by atoms with E-state index in [1.165, 1.54) is 12.1 Å². The SMILES string of the molecule is CN1C2CCC1C(COc1cccc(F)c1F)C(c1ccc(Cl)o1)C2. The van der Waals surface area contributed by atoms with E-state index in [0.717, 1.165) is 31.1 Å². The zero-order valence-electron chi connectivity index (χ0n) is 13.9. The third-order valence-corrected chi connectivity index (χ3v) is 5.94. The monoisotopic (exact) mass is 367 g/mol. The van der Waals surface area contributed by atoms with Gasteiger partial charge in [-0.15, -0.1) is 0 Å². The van der Waals surface area contributed by atoms with Crippen molar-refractivity contribution < 1.29 is 17.9 Å². The quantitative estimate of drug-likeness (QED) is 0.772. The van der Waals surface area contributed by atoms with E-state index in [0.29, 0.717) is 23.9 Å². The summed E-state index contributed by atoms with van der Waals surface area (Å²) in [6.45, 7) is 0.311. The van der Waals surface area contributed by atoms with Gasteiger partial charge in [0.2, 0.25) is 5.82 Å². The van der Waals surface area contributed by atoms with Gasteiger partial charge in [-0.3, -0.25) is 0 Å². The van der Waals surface area contributed by atoms with Crippen LogP contribution in [0.2, 0.25) is 5.22 Å². The van der Waals surface area contributed by atoms with Gasteiger partial charge in [-0.25, -0.2) is 4.39 Å². The first-order valence-electron chi connectivity index (χ1n) is 8.58. The molecule has 4 atom stereocenters. The lowest BCUT2D eigenvalue weighted by atomic mass is 9.79. The second-order valence-corrected chi connectivity index (χ2v) is 7.35. The van der Waals surface area contributed by atoms with Crippen molar-refractivity contribution in [3.63, 3.8) is 0 Å². The number of furan rings is 1. The summed E-state index contributed by atoms with van der Waals surface area (Å²) in [5.41, 5.74) is 0. The van der Waals surface area contributed by atoms with Gasteiger partial charge in [0.05, 0.1) is 6.61 Å². The van der Waals surface area contributed by atoms with E-state index in [1.807, 2.05) is 6.07 Å². The Morgan fingerprint density at radius 3 is 2.84 bits per heavy atom. The highest BCUT2D eigenvalue weighted by Crippen LogP contribution is 2.47. The van der Waals surface area contributed by atoms with Crippen LogP contribution in [0.5, 0.6) is 5.75 Å². The van der Waals surface area contributed by atoms with Gasteiger partial charge >= 0.3 is 0 Å². The number of hydrogen-bond acceptors (Lipinski definition) is 3. The zero-order chi connectivity index (χ0) is 17.6. The molecule has 0 aliphatic carbocycles. The highest BCUT2D eigenvalue weighted by Gasteiger charge is 2.47. The number of halogens is 3. The van der Waals surface area contributed by atoms with Crippen molar-refractivity contribution in [1.82, 2.24) is 4.90 Å². The van der Waals surface area contributed by atoms with E-state index in [2.05, 4.69) is 11.9 Å². The maximum absolute atomic E-state index is 13.9. The summed E-state index contributed by atoms with van der Waals surface area (Å²) in [6, 6.07) is 8.52. The van der Waals surface area contributed by atoms with Crippen LogP contribution in [-0.4, -0.2) is 30.6 Å². The van der Waals surface area contributed by atoms with Crippen LogP contribution in [0.25, 0.3) is 0 Å². The molecule has 0 amide bonds. The Kier molecular flexibility index (Phi) is 4.46. The van der Waals surface area contributed by atoms with Crippen LogP contribution in [-0.2, 0) is 0 Å². The predicted octanol–water partition coefficient (Wildman–Crippen LogP) is 4.86. The molecule has 3 heterocycles. The fourth-order valence-electron chi connectivity index (χ4n) is 4.44. The number of ether oxygens (including phenoxy) is 1. The highest BCUT2D eigenvalue weighted by molar-refractivity contribution is 6.28. The van der Waals surface area contributed by atoms with E-state index in [1.54, 1.807) is 6.07 Å². The molecule has 3 nitrogen and oxygen atoms in total. The number of benzene rings is 1. The van der Waals surface area contributed by atoms with Gasteiger partial charge in [0.15, 0.2) is 16.8 Å². The summed E-state index contributed by atoms with van der Waals surface area (Å²) < 4.78 is 38.7. The first-order chi connectivity index (χ1) is 12.0. The van der Waals surface area contributed by atoms with E-state index in [-0.39, 0.29) is 17.6 Å². The summed E-state index contributed by atoms with van der Waals surface area (Å²) in [4.78, 5) is 2.39. The van der Waals surface area contributed by atoms with E-state index in [9.17, 15) is 8.78 Å². The van der Waals surface area contributed by atoms with Crippen molar-refractivity contribution in [2.45, 2.75) is 37.3 Å². The van der Waals surface area contributed by atoms with Gasteiger partial charge in [0.1, 0.15) is 5.76 Å². The molecule has 1 aromatic carbocycles. The van der Waals surface area contributed by atoms with Crippen LogP contribution in [0.4, 0.5) is 8.78 Å². The molecule has 2 saturated heterocycles. The normalized spacial score (nSPS) is 29.1. The third kappa shape index (κ3) is 3.04. The topological polar surface area (TPSA) is 25.6 Å². The molecule has 2 aliphatic heterocycles. The van der Waals surface area contributed by atoms with Crippen molar-refractivity contribution in [2.24, 2.45) is 5.92 Å². The maximum Gasteiger partial charge on any atom is 0.200 e. The Balaban J connectivity index is 1.58. The molecular weight excluding hydrogens is 348 g/mol. The number of fused-ring (bicyclic) bond motifs is 2. The predicted molar refractivity (Wildman–Crippen MR) is 91.0 cm³/mol. The van der Waals surface area contributed by atoms with Crippen molar-refractivity contribution >= 4 is 11.6 Å². The minimum Gasteiger partial charge on any atom is -0.490 e. The molecule has 2 bridgehead atoms. The molecule has 25 heavy (non-hydrogen) atoms. The highest BCUT2D eigenvalue weighted by atomic mass is 35.5. The Hall–Kier alpha value is -1.59. The van der Waals surface area contributed by atoms with Gasteiger partial charge in [0, 0.05) is 23.9 Å². The molecule has 2 aliphatic rings. The largest absolute Gasteiger partial charge is 0.490 e. The lowest BCUT2D eigenvalue weighted by Gasteiger charge is -2.42. The van der Waals surface area contributed by atoms with Crippen molar-refractivity contribution in [1.29, 1.82) is 0 Å². The van der Waals surface area contributed by atoms with Crippen molar-refractivity contribution in [3.05, 3.63) is 52.9 Å². The van der Waals surface area contributed by atoms with Gasteiger partial charge in [0.25, 0.3) is 0 Å². The molecule has 0 radical (unpaired) electrons. The van der Waals surface area contributed by atoms with Crippen molar-refractivity contribution in [2.75, 3.05) is 13.7 Å². The van der Waals surface area contributed by atoms with Gasteiger partial charge in [-0.05, 0) is 62.2 Å². The van der Waals surface area contributed by atoms with Crippen LogP contribution in [0, 0.1) is 17.6 Å². The van der Waals surface area contributed by atoms with Crippen LogP contribution >= 0.6 is 11.6 Å². The molecule has 6 heteroatoms. The van der Waals surface area contributed by atoms with Crippen LogP contribution in [0.15, 0.2) is 34.7 Å². The van der Waals surface area contributed by atoms with Crippen LogP contribution in [0.3, 0.4) is 0 Å². The summed E-state index contributed by atoms with van der Waals surface area (Å²) in [7, 11) is 2.13. The van der Waals surface area contributed by atoms with Crippen LogP contribution < -0.4 is 4.74 Å². The zero-order valence-corrected chi connectivity index (χ0v) is 14.7. The number of nitrogens with zero attached hydrogens (tertiary/aromatic N) is 1. The molecule has 0 saturated carbocycles. The summed E-state index contributed by atoms with van der Waals surface area (Å²) >= 11 is 5.96. The average molecular weight is 368 g/mol. The standard InChI is InChI=1S/C19H20ClF2NO2/c1-23-11-5-6-15(23)13(12(9-11)16-7-8-18(20)25-16)10-24-17-4-2-3-14(21)19(17)22/h2-4,7-8,11-13,15H,5-6,9-10H2,1H3. The molecule has 4 unspecified atom stereocenters. The van der Waals surface area contributed by atoms with Crippen molar-refractivity contribution in [3.8, 4) is 5.75 Å². The van der Waals surface area contributed by atoms with Gasteiger partial charge in [-0.2, -0.15) is 4.39 Å². The lowest BCUT2D eigenvalue weighted by Crippen LogP contribution is -2.47. The second kappa shape index (κ2) is 6.61. The fraction of sp³-hybridized carbons (Fsp3) is 0.474. The minimum atomic E-state index is -0.937. The summed E-state index contributed by atoms with van der Waals surface area (Å²) in [5.74, 6) is -0.726.